The second-order valence-electron chi connectivity index (χ2n) is 1.95. The van der Waals surface area contributed by atoms with Crippen LogP contribution in [0.2, 0.25) is 0 Å². The average Bonchev–Trinajstić information content (AvgIpc) is 2.08. The van der Waals surface area contributed by atoms with Gasteiger partial charge >= 0.3 is 5.97 Å². The third-order valence-electron chi connectivity index (χ3n) is 1.22. The summed E-state index contributed by atoms with van der Waals surface area (Å²) < 4.78 is 5.90. The number of rotatable bonds is 1. The molecule has 5 heteroatoms. The zero-order chi connectivity index (χ0) is 9.14. The standard InChI is InChI=1S/C7H5Br2NO2/c1-12-7(11)6-5(9)4(8)2-3-10-6/h2-3H,1H3. The fraction of sp³-hybridized carbons (Fsp3) is 0.143. The maximum atomic E-state index is 11.1. The number of carbonyl (C=O) groups is 1. The van der Waals surface area contributed by atoms with E-state index >= 15 is 0 Å². The Labute approximate surface area is 86.4 Å². The van der Waals surface area contributed by atoms with Gasteiger partial charge in [0.15, 0.2) is 5.69 Å². The van der Waals surface area contributed by atoms with Crippen LogP contribution in [0.5, 0.6) is 0 Å². The molecular formula is C7H5Br2NO2. The lowest BCUT2D eigenvalue weighted by atomic mass is 10.3. The van der Waals surface area contributed by atoms with Crippen LogP contribution in [0.1, 0.15) is 10.5 Å². The molecule has 0 saturated carbocycles. The third kappa shape index (κ3) is 1.84. The number of esters is 1. The van der Waals surface area contributed by atoms with Crippen molar-refractivity contribution in [2.24, 2.45) is 0 Å². The molecule has 1 aromatic rings. The third-order valence-corrected chi connectivity index (χ3v) is 3.22. The first-order valence-corrected chi connectivity index (χ1v) is 4.63. The van der Waals surface area contributed by atoms with Gasteiger partial charge in [-0.05, 0) is 37.9 Å². The number of hydrogen-bond donors (Lipinski definition) is 0. The summed E-state index contributed by atoms with van der Waals surface area (Å²) in [4.78, 5) is 14.9. The van der Waals surface area contributed by atoms with E-state index in [4.69, 9.17) is 0 Å². The van der Waals surface area contributed by atoms with Gasteiger partial charge in [0.05, 0.1) is 11.6 Å². The molecular weight excluding hydrogens is 290 g/mol. The fourth-order valence-corrected chi connectivity index (χ4v) is 1.36. The average molecular weight is 295 g/mol. The zero-order valence-corrected chi connectivity index (χ0v) is 9.35. The smallest absolute Gasteiger partial charge is 0.357 e. The van der Waals surface area contributed by atoms with Crippen LogP contribution < -0.4 is 0 Å². The van der Waals surface area contributed by atoms with E-state index in [9.17, 15) is 4.79 Å². The van der Waals surface area contributed by atoms with E-state index in [-0.39, 0.29) is 5.69 Å². The van der Waals surface area contributed by atoms with Crippen LogP contribution in [0, 0.1) is 0 Å². The Hall–Kier alpha value is -0.420. The van der Waals surface area contributed by atoms with E-state index in [1.54, 1.807) is 6.07 Å². The lowest BCUT2D eigenvalue weighted by Crippen LogP contribution is -2.05. The van der Waals surface area contributed by atoms with Gasteiger partial charge in [0.25, 0.3) is 0 Å². The molecule has 0 aromatic carbocycles. The monoisotopic (exact) mass is 293 g/mol. The van der Waals surface area contributed by atoms with Gasteiger partial charge in [0.1, 0.15) is 0 Å². The summed E-state index contributed by atoms with van der Waals surface area (Å²) in [5.74, 6) is -0.455. The molecule has 1 heterocycles. The molecule has 0 spiro atoms. The maximum absolute atomic E-state index is 11.1. The molecule has 0 aliphatic heterocycles. The molecule has 64 valence electrons. The Morgan fingerprint density at radius 2 is 2.25 bits per heavy atom. The van der Waals surface area contributed by atoms with Gasteiger partial charge in [0, 0.05) is 10.7 Å². The van der Waals surface area contributed by atoms with E-state index in [0.717, 1.165) is 4.47 Å². The molecule has 0 bridgehead atoms. The fourth-order valence-electron chi connectivity index (χ4n) is 0.659. The molecule has 0 unspecified atom stereocenters. The maximum Gasteiger partial charge on any atom is 0.357 e. The number of ether oxygens (including phenoxy) is 1. The summed E-state index contributed by atoms with van der Waals surface area (Å²) in [5, 5.41) is 0. The van der Waals surface area contributed by atoms with E-state index in [0.29, 0.717) is 4.47 Å². The summed E-state index contributed by atoms with van der Waals surface area (Å²) in [6.07, 6.45) is 1.53. The number of hydrogen-bond acceptors (Lipinski definition) is 3. The van der Waals surface area contributed by atoms with Crippen molar-refractivity contribution in [2.75, 3.05) is 7.11 Å². The summed E-state index contributed by atoms with van der Waals surface area (Å²) in [7, 11) is 1.32. The van der Waals surface area contributed by atoms with Crippen molar-refractivity contribution >= 4 is 37.8 Å². The van der Waals surface area contributed by atoms with E-state index in [1.807, 2.05) is 0 Å². The molecule has 0 aliphatic rings. The van der Waals surface area contributed by atoms with Gasteiger partial charge in [-0.1, -0.05) is 0 Å². The van der Waals surface area contributed by atoms with Crippen molar-refractivity contribution in [3.63, 3.8) is 0 Å². The Bertz CT molecular complexity index is 314. The van der Waals surface area contributed by atoms with Gasteiger partial charge in [-0.25, -0.2) is 9.78 Å². The molecule has 0 atom stereocenters. The SMILES string of the molecule is COC(=O)c1nccc(Br)c1Br. The second-order valence-corrected chi connectivity index (χ2v) is 3.59. The highest BCUT2D eigenvalue weighted by molar-refractivity contribution is 9.13. The first-order chi connectivity index (χ1) is 5.66. The number of halogens is 2. The molecule has 1 rings (SSSR count). The zero-order valence-electron chi connectivity index (χ0n) is 6.17. The Kier molecular flexibility index (Phi) is 3.22. The molecule has 12 heavy (non-hydrogen) atoms. The number of pyridine rings is 1. The van der Waals surface area contributed by atoms with Crippen LogP contribution in [-0.2, 0) is 4.74 Å². The quantitative estimate of drug-likeness (QED) is 0.747. The van der Waals surface area contributed by atoms with Crippen LogP contribution >= 0.6 is 31.9 Å². The van der Waals surface area contributed by atoms with Gasteiger partial charge < -0.3 is 4.74 Å². The van der Waals surface area contributed by atoms with Crippen LogP contribution in [-0.4, -0.2) is 18.1 Å². The Morgan fingerprint density at radius 1 is 1.58 bits per heavy atom. The number of aromatic nitrogens is 1. The molecule has 0 N–H and O–H groups in total. The van der Waals surface area contributed by atoms with Crippen molar-refractivity contribution in [3.8, 4) is 0 Å². The molecule has 0 amide bonds. The van der Waals surface area contributed by atoms with Gasteiger partial charge in [0.2, 0.25) is 0 Å². The van der Waals surface area contributed by atoms with Crippen molar-refractivity contribution in [2.45, 2.75) is 0 Å². The predicted molar refractivity (Wildman–Crippen MR) is 51.0 cm³/mol. The van der Waals surface area contributed by atoms with Crippen LogP contribution in [0.4, 0.5) is 0 Å². The van der Waals surface area contributed by atoms with Crippen LogP contribution in [0.3, 0.4) is 0 Å². The summed E-state index contributed by atoms with van der Waals surface area (Å²) in [6.45, 7) is 0. The highest BCUT2D eigenvalue weighted by atomic mass is 79.9. The number of methoxy groups -OCH3 is 1. The minimum Gasteiger partial charge on any atom is -0.464 e. The number of nitrogens with zero attached hydrogens (tertiary/aromatic N) is 1. The Balaban J connectivity index is 3.16. The predicted octanol–water partition coefficient (Wildman–Crippen LogP) is 2.39. The lowest BCUT2D eigenvalue weighted by Gasteiger charge is -2.01. The summed E-state index contributed by atoms with van der Waals surface area (Å²) in [5.41, 5.74) is 0.270. The van der Waals surface area contributed by atoms with Crippen LogP contribution in [0.25, 0.3) is 0 Å². The van der Waals surface area contributed by atoms with Crippen molar-refractivity contribution in [1.82, 2.24) is 4.98 Å². The molecule has 0 radical (unpaired) electrons. The first kappa shape index (κ1) is 9.67. The van der Waals surface area contributed by atoms with E-state index in [2.05, 4.69) is 41.6 Å². The molecule has 3 nitrogen and oxygen atoms in total. The van der Waals surface area contributed by atoms with Crippen LogP contribution in [0.15, 0.2) is 21.2 Å². The topological polar surface area (TPSA) is 39.2 Å². The van der Waals surface area contributed by atoms with Gasteiger partial charge in [-0.2, -0.15) is 0 Å². The van der Waals surface area contributed by atoms with Gasteiger partial charge in [-0.3, -0.25) is 0 Å². The number of carbonyl (C=O) groups excluding carboxylic acids is 1. The lowest BCUT2D eigenvalue weighted by molar-refractivity contribution is 0.0593. The van der Waals surface area contributed by atoms with Gasteiger partial charge in [-0.15, -0.1) is 0 Å². The highest BCUT2D eigenvalue weighted by Gasteiger charge is 2.13. The van der Waals surface area contributed by atoms with Crippen molar-refractivity contribution < 1.29 is 9.53 Å². The normalized spacial score (nSPS) is 9.58. The minimum atomic E-state index is -0.455. The molecule has 0 saturated heterocycles. The molecule has 0 fully saturated rings. The summed E-state index contributed by atoms with van der Waals surface area (Å²) >= 11 is 6.46. The second kappa shape index (κ2) is 4.00. The van der Waals surface area contributed by atoms with E-state index < -0.39 is 5.97 Å². The molecule has 0 aliphatic carbocycles. The minimum absolute atomic E-state index is 0.270. The highest BCUT2D eigenvalue weighted by Crippen LogP contribution is 2.25. The largest absolute Gasteiger partial charge is 0.464 e. The van der Waals surface area contributed by atoms with Crippen molar-refractivity contribution in [1.29, 1.82) is 0 Å². The summed E-state index contributed by atoms with van der Waals surface area (Å²) in [6, 6.07) is 1.73. The van der Waals surface area contributed by atoms with E-state index in [1.165, 1.54) is 13.3 Å². The first-order valence-electron chi connectivity index (χ1n) is 3.05. The van der Waals surface area contributed by atoms with Crippen molar-refractivity contribution in [3.05, 3.63) is 26.9 Å². The molecule has 1 aromatic heterocycles. The Morgan fingerprint density at radius 3 is 2.83 bits per heavy atom.